The normalized spacial score (nSPS) is 13.4. The van der Waals surface area contributed by atoms with E-state index in [2.05, 4.69) is 5.92 Å². The molecule has 1 aromatic rings. The second-order valence-corrected chi connectivity index (χ2v) is 4.49. The summed E-state index contributed by atoms with van der Waals surface area (Å²) in [5.41, 5.74) is 0.474. The summed E-state index contributed by atoms with van der Waals surface area (Å²) in [7, 11) is 1.56. The average molecular weight is 273 g/mol. The first kappa shape index (κ1) is 13.9. The summed E-state index contributed by atoms with van der Waals surface area (Å²) >= 11 is 0. The van der Waals surface area contributed by atoms with Crippen molar-refractivity contribution in [1.29, 1.82) is 0 Å². The van der Waals surface area contributed by atoms with E-state index in [1.807, 2.05) is 0 Å². The topological polar surface area (TPSA) is 55.8 Å². The number of carbonyl (C=O) groups is 2. The van der Waals surface area contributed by atoms with Crippen molar-refractivity contribution in [2.45, 2.75) is 19.4 Å². The first-order valence-electron chi connectivity index (χ1n) is 6.17. The Balaban J connectivity index is 2.15. The minimum Gasteiger partial charge on any atom is -0.454 e. The molecule has 1 aliphatic rings. The fourth-order valence-electron chi connectivity index (χ4n) is 1.89. The minimum absolute atomic E-state index is 0.0186. The number of benzene rings is 1. The summed E-state index contributed by atoms with van der Waals surface area (Å²) in [5, 5.41) is 0. The van der Waals surface area contributed by atoms with Gasteiger partial charge in [-0.15, -0.1) is 6.42 Å². The highest BCUT2D eigenvalue weighted by molar-refractivity contribution is 6.02. The molecule has 0 bridgehead atoms. The molecule has 0 saturated carbocycles. The van der Waals surface area contributed by atoms with Gasteiger partial charge in [0.1, 0.15) is 0 Å². The predicted octanol–water partition coefficient (Wildman–Crippen LogP) is 1.47. The molecule has 20 heavy (non-hydrogen) atoms. The number of nitrogens with zero attached hydrogens (tertiary/aromatic N) is 1. The van der Waals surface area contributed by atoms with Gasteiger partial charge in [0.25, 0.3) is 0 Å². The number of rotatable bonds is 4. The van der Waals surface area contributed by atoms with Gasteiger partial charge in [0, 0.05) is 12.6 Å². The summed E-state index contributed by atoms with van der Waals surface area (Å²) in [5.74, 6) is 3.01. The number of likely N-dealkylation sites (N-methyl/N-ethyl adjacent to an activating group) is 1. The Kier molecular flexibility index (Phi) is 3.94. The molecule has 2 rings (SSSR count). The molecule has 0 saturated heterocycles. The second kappa shape index (κ2) is 5.66. The number of ether oxygens (including phenoxy) is 2. The van der Waals surface area contributed by atoms with Crippen LogP contribution in [0.5, 0.6) is 11.5 Å². The van der Waals surface area contributed by atoms with E-state index in [0.717, 1.165) is 0 Å². The van der Waals surface area contributed by atoms with Crippen molar-refractivity contribution in [2.75, 3.05) is 13.8 Å². The zero-order valence-corrected chi connectivity index (χ0v) is 11.4. The molecule has 0 spiro atoms. The third kappa shape index (κ3) is 2.59. The number of hydrogen-bond donors (Lipinski definition) is 0. The van der Waals surface area contributed by atoms with Crippen molar-refractivity contribution in [1.82, 2.24) is 4.90 Å². The van der Waals surface area contributed by atoms with Gasteiger partial charge in [0.05, 0.1) is 12.5 Å². The molecule has 1 heterocycles. The van der Waals surface area contributed by atoms with E-state index in [1.54, 1.807) is 32.2 Å². The maximum Gasteiger partial charge on any atom is 0.234 e. The minimum atomic E-state index is -0.587. The molecule has 1 aliphatic heterocycles. The Morgan fingerprint density at radius 3 is 2.80 bits per heavy atom. The molecule has 0 aliphatic carbocycles. The van der Waals surface area contributed by atoms with Gasteiger partial charge in [-0.1, -0.05) is 5.92 Å². The van der Waals surface area contributed by atoms with Crippen LogP contribution in [0.25, 0.3) is 0 Å². The summed E-state index contributed by atoms with van der Waals surface area (Å²) in [6.07, 6.45) is 5.08. The Labute approximate surface area is 117 Å². The van der Waals surface area contributed by atoms with E-state index >= 15 is 0 Å². The van der Waals surface area contributed by atoms with E-state index < -0.39 is 6.04 Å². The molecule has 1 atom stereocenters. The van der Waals surface area contributed by atoms with Crippen molar-refractivity contribution in [3.63, 3.8) is 0 Å². The van der Waals surface area contributed by atoms with Gasteiger partial charge >= 0.3 is 0 Å². The number of amides is 1. The largest absolute Gasteiger partial charge is 0.454 e. The summed E-state index contributed by atoms with van der Waals surface area (Å²) in [6.45, 7) is 1.82. The lowest BCUT2D eigenvalue weighted by Crippen LogP contribution is -2.40. The number of Topliss-reactive ketones (excluding diaryl/α,β-unsaturated/α-hetero) is 1. The molecular formula is C15H15NO4. The van der Waals surface area contributed by atoms with Crippen LogP contribution >= 0.6 is 0 Å². The van der Waals surface area contributed by atoms with Crippen LogP contribution in [0.1, 0.15) is 23.7 Å². The highest BCUT2D eigenvalue weighted by Crippen LogP contribution is 2.32. The van der Waals surface area contributed by atoms with Gasteiger partial charge in [-0.25, -0.2) is 0 Å². The Bertz CT molecular complexity index is 588. The van der Waals surface area contributed by atoms with Crippen molar-refractivity contribution in [3.05, 3.63) is 23.8 Å². The van der Waals surface area contributed by atoms with Gasteiger partial charge < -0.3 is 14.4 Å². The molecule has 104 valence electrons. The SMILES string of the molecule is C#CCC(=O)N(C)C(C)C(=O)c1ccc2c(c1)OCO2. The first-order chi connectivity index (χ1) is 9.54. The van der Waals surface area contributed by atoms with E-state index in [0.29, 0.717) is 17.1 Å². The van der Waals surface area contributed by atoms with Crippen LogP contribution in [0.2, 0.25) is 0 Å². The van der Waals surface area contributed by atoms with Crippen LogP contribution in [0.3, 0.4) is 0 Å². The van der Waals surface area contributed by atoms with Gasteiger partial charge in [0.15, 0.2) is 17.3 Å². The van der Waals surface area contributed by atoms with Crippen LogP contribution in [-0.4, -0.2) is 36.5 Å². The fourth-order valence-corrected chi connectivity index (χ4v) is 1.89. The Morgan fingerprint density at radius 1 is 1.40 bits per heavy atom. The lowest BCUT2D eigenvalue weighted by atomic mass is 10.0. The Hall–Kier alpha value is -2.48. The molecule has 0 N–H and O–H groups in total. The van der Waals surface area contributed by atoms with Crippen molar-refractivity contribution >= 4 is 11.7 Å². The van der Waals surface area contributed by atoms with E-state index in [-0.39, 0.29) is 24.9 Å². The lowest BCUT2D eigenvalue weighted by molar-refractivity contribution is -0.129. The summed E-state index contributed by atoms with van der Waals surface area (Å²) < 4.78 is 10.4. The van der Waals surface area contributed by atoms with Crippen LogP contribution in [0, 0.1) is 12.3 Å². The van der Waals surface area contributed by atoms with E-state index in [1.165, 1.54) is 4.90 Å². The maximum atomic E-state index is 12.4. The van der Waals surface area contributed by atoms with Gasteiger partial charge in [-0.2, -0.15) is 0 Å². The number of ketones is 1. The van der Waals surface area contributed by atoms with Crippen molar-refractivity contribution in [3.8, 4) is 23.8 Å². The smallest absolute Gasteiger partial charge is 0.234 e. The number of carbonyl (C=O) groups excluding carboxylic acids is 2. The van der Waals surface area contributed by atoms with E-state index in [4.69, 9.17) is 15.9 Å². The molecule has 1 amide bonds. The van der Waals surface area contributed by atoms with Crippen molar-refractivity contribution < 1.29 is 19.1 Å². The molecule has 0 radical (unpaired) electrons. The number of terminal acetylenes is 1. The molecule has 0 fully saturated rings. The fraction of sp³-hybridized carbons (Fsp3) is 0.333. The zero-order valence-electron chi connectivity index (χ0n) is 11.4. The Morgan fingerprint density at radius 2 is 2.10 bits per heavy atom. The molecule has 1 unspecified atom stereocenters. The third-order valence-corrected chi connectivity index (χ3v) is 3.26. The van der Waals surface area contributed by atoms with Crippen LogP contribution in [0.15, 0.2) is 18.2 Å². The highest BCUT2D eigenvalue weighted by Gasteiger charge is 2.24. The third-order valence-electron chi connectivity index (χ3n) is 3.26. The number of hydrogen-bond acceptors (Lipinski definition) is 4. The highest BCUT2D eigenvalue weighted by atomic mass is 16.7. The molecule has 5 nitrogen and oxygen atoms in total. The first-order valence-corrected chi connectivity index (χ1v) is 6.17. The van der Waals surface area contributed by atoms with Crippen LogP contribution in [0.4, 0.5) is 0 Å². The predicted molar refractivity (Wildman–Crippen MR) is 72.6 cm³/mol. The van der Waals surface area contributed by atoms with Gasteiger partial charge in [-0.3, -0.25) is 9.59 Å². The van der Waals surface area contributed by atoms with Crippen molar-refractivity contribution in [2.24, 2.45) is 0 Å². The summed E-state index contributed by atoms with van der Waals surface area (Å²) in [4.78, 5) is 25.4. The van der Waals surface area contributed by atoms with Crippen LogP contribution < -0.4 is 9.47 Å². The summed E-state index contributed by atoms with van der Waals surface area (Å²) in [6, 6.07) is 4.38. The maximum absolute atomic E-state index is 12.4. The molecule has 5 heteroatoms. The van der Waals surface area contributed by atoms with E-state index in [9.17, 15) is 9.59 Å². The standard InChI is InChI=1S/C15H15NO4/c1-4-5-14(17)16(3)10(2)15(18)11-6-7-12-13(8-11)20-9-19-12/h1,6-8,10H,5,9H2,2-3H3. The lowest BCUT2D eigenvalue weighted by Gasteiger charge is -2.23. The second-order valence-electron chi connectivity index (χ2n) is 4.49. The quantitative estimate of drug-likeness (QED) is 0.615. The zero-order chi connectivity index (χ0) is 14.7. The average Bonchev–Trinajstić information content (AvgIpc) is 2.92. The van der Waals surface area contributed by atoms with Gasteiger partial charge in [0.2, 0.25) is 12.7 Å². The number of fused-ring (bicyclic) bond motifs is 1. The van der Waals surface area contributed by atoms with Gasteiger partial charge in [-0.05, 0) is 25.1 Å². The molecule has 1 aromatic carbocycles. The molecular weight excluding hydrogens is 258 g/mol. The monoisotopic (exact) mass is 273 g/mol. The van der Waals surface area contributed by atoms with Crippen LogP contribution in [-0.2, 0) is 4.79 Å². The molecule has 0 aromatic heterocycles.